The molecule has 1 atom stereocenters. The van der Waals surface area contributed by atoms with E-state index in [1.807, 2.05) is 54.6 Å². The number of hydrogen-bond donors (Lipinski definition) is 1. The summed E-state index contributed by atoms with van der Waals surface area (Å²) in [5.41, 5.74) is 5.84. The third-order valence-corrected chi connectivity index (χ3v) is 2.62. The first-order chi connectivity index (χ1) is 9.15. The lowest BCUT2D eigenvalue weighted by atomic mass is 10.1. The molecule has 4 heteroatoms. The number of carbonyl (C=O) groups is 1. The molecule has 0 fully saturated rings. The molecule has 0 aromatic heterocycles. The molecule has 0 heterocycles. The molecule has 2 N–H and O–H groups in total. The maximum atomic E-state index is 10.7. The predicted molar refractivity (Wildman–Crippen MR) is 72.0 cm³/mol. The second-order valence-corrected chi connectivity index (χ2v) is 4.06. The Morgan fingerprint density at radius 1 is 1.00 bits per heavy atom. The smallest absolute Gasteiger partial charge is 0.405 e. The summed E-state index contributed by atoms with van der Waals surface area (Å²) in [6.07, 6.45) is -1.15. The van der Waals surface area contributed by atoms with Gasteiger partial charge in [-0.15, -0.1) is 0 Å². The third kappa shape index (κ3) is 3.74. The van der Waals surface area contributed by atoms with E-state index in [1.165, 1.54) is 0 Å². The zero-order chi connectivity index (χ0) is 13.7. The largest absolute Gasteiger partial charge is 0.457 e. The lowest BCUT2D eigenvalue weighted by Gasteiger charge is -2.12. The molecule has 0 aliphatic rings. The quantitative estimate of drug-likeness (QED) is 0.909. The molecule has 1 amide bonds. The molecule has 0 radical (unpaired) electrons. The van der Waals surface area contributed by atoms with E-state index in [1.54, 1.807) is 6.92 Å². The SMILES string of the molecule is CC(OC(N)=O)c1ccc(Oc2ccccc2)cc1. The van der Waals surface area contributed by atoms with E-state index in [0.717, 1.165) is 17.1 Å². The summed E-state index contributed by atoms with van der Waals surface area (Å²) < 4.78 is 10.6. The first-order valence-corrected chi connectivity index (χ1v) is 5.94. The maximum absolute atomic E-state index is 10.7. The number of primary amides is 1. The van der Waals surface area contributed by atoms with Gasteiger partial charge in [-0.1, -0.05) is 30.3 Å². The van der Waals surface area contributed by atoms with E-state index in [9.17, 15) is 4.79 Å². The maximum Gasteiger partial charge on any atom is 0.405 e. The number of nitrogens with two attached hydrogens (primary N) is 1. The second kappa shape index (κ2) is 5.91. The zero-order valence-electron chi connectivity index (χ0n) is 10.6. The predicted octanol–water partition coefficient (Wildman–Crippen LogP) is 3.64. The van der Waals surface area contributed by atoms with Crippen molar-refractivity contribution in [2.45, 2.75) is 13.0 Å². The van der Waals surface area contributed by atoms with E-state index in [4.69, 9.17) is 15.2 Å². The van der Waals surface area contributed by atoms with Gasteiger partial charge in [0.1, 0.15) is 17.6 Å². The molecule has 0 aliphatic carbocycles. The van der Waals surface area contributed by atoms with Crippen molar-refractivity contribution in [2.75, 3.05) is 0 Å². The number of amides is 1. The average molecular weight is 257 g/mol. The highest BCUT2D eigenvalue weighted by Gasteiger charge is 2.08. The van der Waals surface area contributed by atoms with Crippen LogP contribution in [-0.4, -0.2) is 6.09 Å². The Hall–Kier alpha value is -2.49. The molecule has 1 unspecified atom stereocenters. The van der Waals surface area contributed by atoms with Crippen LogP contribution in [0.25, 0.3) is 0 Å². The molecule has 0 bridgehead atoms. The van der Waals surface area contributed by atoms with Crippen LogP contribution >= 0.6 is 0 Å². The summed E-state index contributed by atoms with van der Waals surface area (Å²) in [5.74, 6) is 1.50. The fourth-order valence-electron chi connectivity index (χ4n) is 1.67. The molecule has 2 aromatic rings. The minimum Gasteiger partial charge on any atom is -0.457 e. The molecule has 2 rings (SSSR count). The standard InChI is InChI=1S/C15H15NO3/c1-11(18-15(16)17)12-7-9-14(10-8-12)19-13-5-3-2-4-6-13/h2-11H,1H3,(H2,16,17). The van der Waals surface area contributed by atoms with E-state index in [-0.39, 0.29) is 6.10 Å². The zero-order valence-corrected chi connectivity index (χ0v) is 10.6. The van der Waals surface area contributed by atoms with Gasteiger partial charge in [-0.3, -0.25) is 0 Å². The van der Waals surface area contributed by atoms with Gasteiger partial charge in [-0.05, 0) is 36.8 Å². The van der Waals surface area contributed by atoms with Crippen LogP contribution in [0, 0.1) is 0 Å². The molecule has 0 aliphatic heterocycles. The van der Waals surface area contributed by atoms with E-state index < -0.39 is 6.09 Å². The van der Waals surface area contributed by atoms with Crippen molar-refractivity contribution in [2.24, 2.45) is 5.73 Å². The number of benzene rings is 2. The molecule has 0 saturated heterocycles. The minimum absolute atomic E-state index is 0.372. The first-order valence-electron chi connectivity index (χ1n) is 5.94. The summed E-state index contributed by atoms with van der Waals surface area (Å²) in [6.45, 7) is 1.76. The molecule has 0 spiro atoms. The van der Waals surface area contributed by atoms with Crippen LogP contribution in [0.15, 0.2) is 54.6 Å². The molecule has 98 valence electrons. The topological polar surface area (TPSA) is 61.5 Å². The third-order valence-electron chi connectivity index (χ3n) is 2.62. The van der Waals surface area contributed by atoms with Gasteiger partial charge in [0.2, 0.25) is 0 Å². The summed E-state index contributed by atoms with van der Waals surface area (Å²) in [7, 11) is 0. The molecule has 0 saturated carbocycles. The van der Waals surface area contributed by atoms with E-state index in [0.29, 0.717) is 0 Å². The van der Waals surface area contributed by atoms with Crippen molar-refractivity contribution in [1.82, 2.24) is 0 Å². The molecular formula is C15H15NO3. The Morgan fingerprint density at radius 2 is 1.58 bits per heavy atom. The van der Waals surface area contributed by atoms with Gasteiger partial charge >= 0.3 is 6.09 Å². The number of para-hydroxylation sites is 1. The number of hydrogen-bond acceptors (Lipinski definition) is 3. The highest BCUT2D eigenvalue weighted by atomic mass is 16.6. The monoisotopic (exact) mass is 257 g/mol. The van der Waals surface area contributed by atoms with Gasteiger partial charge in [0.25, 0.3) is 0 Å². The Balaban J connectivity index is 2.04. The molecule has 19 heavy (non-hydrogen) atoms. The molecular weight excluding hydrogens is 242 g/mol. The highest BCUT2D eigenvalue weighted by molar-refractivity contribution is 5.65. The van der Waals surface area contributed by atoms with Crippen LogP contribution < -0.4 is 10.5 Å². The Morgan fingerprint density at radius 3 is 2.16 bits per heavy atom. The average Bonchev–Trinajstić information content (AvgIpc) is 2.40. The highest BCUT2D eigenvalue weighted by Crippen LogP contribution is 2.24. The molecule has 4 nitrogen and oxygen atoms in total. The van der Waals surface area contributed by atoms with Crippen molar-refractivity contribution >= 4 is 6.09 Å². The van der Waals surface area contributed by atoms with Gasteiger partial charge in [0.15, 0.2) is 0 Å². The van der Waals surface area contributed by atoms with Crippen molar-refractivity contribution in [3.63, 3.8) is 0 Å². The first kappa shape index (κ1) is 13.0. The Labute approximate surface area is 111 Å². The number of rotatable bonds is 4. The normalized spacial score (nSPS) is 11.6. The van der Waals surface area contributed by atoms with Gasteiger partial charge in [0, 0.05) is 0 Å². The van der Waals surface area contributed by atoms with Crippen LogP contribution in [0.2, 0.25) is 0 Å². The second-order valence-electron chi connectivity index (χ2n) is 4.06. The lowest BCUT2D eigenvalue weighted by molar-refractivity contribution is 0.116. The Kier molecular flexibility index (Phi) is 4.03. The van der Waals surface area contributed by atoms with Crippen molar-refractivity contribution in [1.29, 1.82) is 0 Å². The van der Waals surface area contributed by atoms with Crippen molar-refractivity contribution in [3.8, 4) is 11.5 Å². The van der Waals surface area contributed by atoms with E-state index in [2.05, 4.69) is 0 Å². The summed E-state index contributed by atoms with van der Waals surface area (Å²) in [4.78, 5) is 10.7. The summed E-state index contributed by atoms with van der Waals surface area (Å²) in [6, 6.07) is 16.8. The van der Waals surface area contributed by atoms with Gasteiger partial charge < -0.3 is 15.2 Å². The Bertz CT molecular complexity index is 537. The van der Waals surface area contributed by atoms with Crippen molar-refractivity contribution < 1.29 is 14.3 Å². The van der Waals surface area contributed by atoms with Crippen LogP contribution in [0.5, 0.6) is 11.5 Å². The van der Waals surface area contributed by atoms with Gasteiger partial charge in [0.05, 0.1) is 0 Å². The van der Waals surface area contributed by atoms with Gasteiger partial charge in [-0.2, -0.15) is 0 Å². The van der Waals surface area contributed by atoms with Crippen LogP contribution in [0.1, 0.15) is 18.6 Å². The number of carbonyl (C=O) groups excluding carboxylic acids is 1. The van der Waals surface area contributed by atoms with Gasteiger partial charge in [-0.25, -0.2) is 4.79 Å². The van der Waals surface area contributed by atoms with Crippen LogP contribution in [-0.2, 0) is 4.74 Å². The fraction of sp³-hybridized carbons (Fsp3) is 0.133. The van der Waals surface area contributed by atoms with Crippen LogP contribution in [0.3, 0.4) is 0 Å². The molecule has 2 aromatic carbocycles. The van der Waals surface area contributed by atoms with Crippen molar-refractivity contribution in [3.05, 3.63) is 60.2 Å². The minimum atomic E-state index is -0.780. The fourth-order valence-corrected chi connectivity index (χ4v) is 1.67. The number of ether oxygens (including phenoxy) is 2. The lowest BCUT2D eigenvalue weighted by Crippen LogP contribution is -2.15. The summed E-state index contributed by atoms with van der Waals surface area (Å²) in [5, 5.41) is 0. The summed E-state index contributed by atoms with van der Waals surface area (Å²) >= 11 is 0. The van der Waals surface area contributed by atoms with E-state index >= 15 is 0 Å². The van der Waals surface area contributed by atoms with Crippen LogP contribution in [0.4, 0.5) is 4.79 Å².